The summed E-state index contributed by atoms with van der Waals surface area (Å²) < 4.78 is 0. The Balaban J connectivity index is 1.99. The average Bonchev–Trinajstić information content (AvgIpc) is 2.23. The summed E-state index contributed by atoms with van der Waals surface area (Å²) >= 11 is 2.05. The summed E-state index contributed by atoms with van der Waals surface area (Å²) in [5.74, 6) is 2.55. The molecule has 2 nitrogen and oxygen atoms in total. The summed E-state index contributed by atoms with van der Waals surface area (Å²) in [6.07, 6.45) is 4.47. The molecule has 0 amide bonds. The molecule has 0 bridgehead atoms. The van der Waals surface area contributed by atoms with Crippen LogP contribution in [-0.2, 0) is 0 Å². The maximum Gasteiger partial charge on any atom is 0.0603 e. The van der Waals surface area contributed by atoms with E-state index >= 15 is 0 Å². The second-order valence-electron chi connectivity index (χ2n) is 3.69. The van der Waals surface area contributed by atoms with Crippen molar-refractivity contribution < 1.29 is 0 Å². The molecule has 0 unspecified atom stereocenters. The second kappa shape index (κ2) is 4.69. The van der Waals surface area contributed by atoms with Gasteiger partial charge in [0, 0.05) is 18.0 Å². The topological polar surface area (TPSA) is 24.9 Å². The number of nitrogens with zero attached hydrogens (tertiary/aromatic N) is 1. The van der Waals surface area contributed by atoms with Gasteiger partial charge in [0.15, 0.2) is 0 Å². The summed E-state index contributed by atoms with van der Waals surface area (Å²) in [6.45, 7) is 2.05. The largest absolute Gasteiger partial charge is 0.380 e. The Morgan fingerprint density at radius 2 is 2.50 bits per heavy atom. The zero-order valence-corrected chi connectivity index (χ0v) is 9.31. The van der Waals surface area contributed by atoms with Gasteiger partial charge in [0.05, 0.1) is 11.4 Å². The van der Waals surface area contributed by atoms with E-state index in [4.69, 9.17) is 0 Å². The van der Waals surface area contributed by atoms with Crippen LogP contribution >= 0.6 is 11.8 Å². The van der Waals surface area contributed by atoms with Crippen LogP contribution in [0.5, 0.6) is 0 Å². The van der Waals surface area contributed by atoms with Crippen molar-refractivity contribution in [3.63, 3.8) is 0 Å². The summed E-state index contributed by atoms with van der Waals surface area (Å²) in [5, 5.41) is 3.57. The lowest BCUT2D eigenvalue weighted by Gasteiger charge is -2.24. The Kier molecular flexibility index (Phi) is 3.30. The molecule has 1 fully saturated rings. The second-order valence-corrected chi connectivity index (χ2v) is 4.84. The van der Waals surface area contributed by atoms with Crippen LogP contribution in [-0.4, -0.2) is 22.5 Å². The van der Waals surface area contributed by atoms with Crippen LogP contribution in [0.15, 0.2) is 18.3 Å². The highest BCUT2D eigenvalue weighted by Crippen LogP contribution is 2.21. The van der Waals surface area contributed by atoms with Gasteiger partial charge in [0.1, 0.15) is 0 Å². The highest BCUT2D eigenvalue weighted by Gasteiger charge is 2.13. The Labute approximate surface area is 89.5 Å². The van der Waals surface area contributed by atoms with E-state index in [1.807, 2.05) is 24.0 Å². The van der Waals surface area contributed by atoms with Crippen molar-refractivity contribution in [1.29, 1.82) is 0 Å². The van der Waals surface area contributed by atoms with Gasteiger partial charge in [-0.25, -0.2) is 0 Å². The zero-order chi connectivity index (χ0) is 9.80. The molecule has 2 rings (SSSR count). The molecule has 1 aromatic rings. The molecule has 0 aromatic carbocycles. The van der Waals surface area contributed by atoms with E-state index in [2.05, 4.69) is 23.3 Å². The van der Waals surface area contributed by atoms with Gasteiger partial charge in [-0.1, -0.05) is 0 Å². The number of pyridine rings is 1. The van der Waals surface area contributed by atoms with Crippen LogP contribution < -0.4 is 5.32 Å². The summed E-state index contributed by atoms with van der Waals surface area (Å²) in [5.41, 5.74) is 2.29. The summed E-state index contributed by atoms with van der Waals surface area (Å²) in [4.78, 5) is 4.28. The van der Waals surface area contributed by atoms with E-state index in [9.17, 15) is 0 Å². The van der Waals surface area contributed by atoms with Crippen molar-refractivity contribution in [3.8, 4) is 0 Å². The van der Waals surface area contributed by atoms with E-state index in [1.165, 1.54) is 30.0 Å². The van der Waals surface area contributed by atoms with Crippen molar-refractivity contribution in [1.82, 2.24) is 4.98 Å². The number of hydrogen-bond donors (Lipinski definition) is 1. The predicted octanol–water partition coefficient (Wildman–Crippen LogP) is 2.70. The molecule has 2 heterocycles. The number of anilines is 1. The lowest BCUT2D eigenvalue weighted by atomic mass is 10.1. The minimum Gasteiger partial charge on any atom is -0.380 e. The number of rotatable bonds is 2. The first-order chi connectivity index (χ1) is 6.86. The molecule has 1 aromatic heterocycles. The van der Waals surface area contributed by atoms with Crippen molar-refractivity contribution >= 4 is 17.4 Å². The van der Waals surface area contributed by atoms with Crippen LogP contribution in [0.3, 0.4) is 0 Å². The lowest BCUT2D eigenvalue weighted by molar-refractivity contribution is 0.684. The number of nitrogens with one attached hydrogen (secondary N) is 1. The quantitative estimate of drug-likeness (QED) is 0.809. The molecule has 14 heavy (non-hydrogen) atoms. The molecule has 1 saturated heterocycles. The molecule has 0 radical (unpaired) electrons. The third-order valence-electron chi connectivity index (χ3n) is 2.53. The van der Waals surface area contributed by atoms with E-state index in [0.717, 1.165) is 5.69 Å². The molecule has 1 N–H and O–H groups in total. The van der Waals surface area contributed by atoms with Crippen LogP contribution in [0.4, 0.5) is 5.69 Å². The molecule has 76 valence electrons. The minimum absolute atomic E-state index is 0.636. The van der Waals surface area contributed by atoms with Gasteiger partial charge in [-0.3, -0.25) is 4.98 Å². The standard InChI is InChI=1S/C11H16N2S/c1-9-11(5-2-6-12-9)13-10-4-3-7-14-8-10/h2,5-6,10,13H,3-4,7-8H2,1H3/t10-/m1/s1. The summed E-state index contributed by atoms with van der Waals surface area (Å²) in [6, 6.07) is 4.74. The molecule has 1 aliphatic heterocycles. The van der Waals surface area contributed by atoms with Crippen LogP contribution in [0.25, 0.3) is 0 Å². The predicted molar refractivity (Wildman–Crippen MR) is 62.9 cm³/mol. The van der Waals surface area contributed by atoms with Crippen molar-refractivity contribution in [3.05, 3.63) is 24.0 Å². The van der Waals surface area contributed by atoms with E-state index in [0.29, 0.717) is 6.04 Å². The van der Waals surface area contributed by atoms with Crippen LogP contribution in [0, 0.1) is 6.92 Å². The molecule has 3 heteroatoms. The Hall–Kier alpha value is -0.700. The molecule has 0 saturated carbocycles. The maximum absolute atomic E-state index is 4.28. The van der Waals surface area contributed by atoms with E-state index in [1.54, 1.807) is 0 Å². The highest BCUT2D eigenvalue weighted by atomic mass is 32.2. The van der Waals surface area contributed by atoms with Crippen molar-refractivity contribution in [2.24, 2.45) is 0 Å². The fourth-order valence-electron chi connectivity index (χ4n) is 1.71. The number of aromatic nitrogens is 1. The van der Waals surface area contributed by atoms with Gasteiger partial charge in [0.2, 0.25) is 0 Å². The van der Waals surface area contributed by atoms with Gasteiger partial charge < -0.3 is 5.32 Å². The number of thioether (sulfide) groups is 1. The monoisotopic (exact) mass is 208 g/mol. The molecular weight excluding hydrogens is 192 g/mol. The number of aryl methyl sites for hydroxylation is 1. The van der Waals surface area contributed by atoms with Crippen LogP contribution in [0.1, 0.15) is 18.5 Å². The first-order valence-electron chi connectivity index (χ1n) is 5.12. The first-order valence-corrected chi connectivity index (χ1v) is 6.27. The van der Waals surface area contributed by atoms with Gasteiger partial charge >= 0.3 is 0 Å². The lowest BCUT2D eigenvalue weighted by Crippen LogP contribution is -2.26. The smallest absolute Gasteiger partial charge is 0.0603 e. The third kappa shape index (κ3) is 2.41. The summed E-state index contributed by atoms with van der Waals surface area (Å²) in [7, 11) is 0. The number of hydrogen-bond acceptors (Lipinski definition) is 3. The first kappa shape index (κ1) is 9.84. The van der Waals surface area contributed by atoms with Crippen molar-refractivity contribution in [2.45, 2.75) is 25.8 Å². The Bertz CT molecular complexity index is 295. The van der Waals surface area contributed by atoms with E-state index in [-0.39, 0.29) is 0 Å². The normalized spacial score (nSPS) is 21.9. The van der Waals surface area contributed by atoms with Gasteiger partial charge in [0.25, 0.3) is 0 Å². The van der Waals surface area contributed by atoms with Gasteiger partial charge in [-0.05, 0) is 37.7 Å². The van der Waals surface area contributed by atoms with Gasteiger partial charge in [-0.2, -0.15) is 11.8 Å². The maximum atomic E-state index is 4.28. The molecule has 1 atom stereocenters. The fraction of sp³-hybridized carbons (Fsp3) is 0.545. The molecule has 1 aliphatic rings. The molecule has 0 spiro atoms. The fourth-order valence-corrected chi connectivity index (χ4v) is 2.78. The van der Waals surface area contributed by atoms with Crippen molar-refractivity contribution in [2.75, 3.05) is 16.8 Å². The highest BCUT2D eigenvalue weighted by molar-refractivity contribution is 7.99. The SMILES string of the molecule is Cc1ncccc1N[C@@H]1CCCSC1. The average molecular weight is 208 g/mol. The van der Waals surface area contributed by atoms with Gasteiger partial charge in [-0.15, -0.1) is 0 Å². The minimum atomic E-state index is 0.636. The Morgan fingerprint density at radius 1 is 1.57 bits per heavy atom. The third-order valence-corrected chi connectivity index (χ3v) is 3.74. The van der Waals surface area contributed by atoms with E-state index < -0.39 is 0 Å². The Morgan fingerprint density at radius 3 is 3.21 bits per heavy atom. The zero-order valence-electron chi connectivity index (χ0n) is 8.49. The van der Waals surface area contributed by atoms with Crippen LogP contribution in [0.2, 0.25) is 0 Å². The molecular formula is C11H16N2S. The molecule has 0 aliphatic carbocycles.